The highest BCUT2D eigenvalue weighted by molar-refractivity contribution is 6.30. The molecule has 2 atom stereocenters. The van der Waals surface area contributed by atoms with Gasteiger partial charge in [0.25, 0.3) is 0 Å². The van der Waals surface area contributed by atoms with Gasteiger partial charge in [-0.15, -0.1) is 0 Å². The first-order chi connectivity index (χ1) is 13.1. The van der Waals surface area contributed by atoms with Crippen LogP contribution in [-0.2, 0) is 0 Å². The van der Waals surface area contributed by atoms with E-state index >= 15 is 0 Å². The molecule has 3 heterocycles. The first-order valence-electron chi connectivity index (χ1n) is 8.79. The molecule has 1 aliphatic rings. The molecule has 0 spiro atoms. The lowest BCUT2D eigenvalue weighted by Gasteiger charge is -2.39. The molecular formula is C18H21ClN8. The smallest absolute Gasteiger partial charge is 0.182 e. The lowest BCUT2D eigenvalue weighted by atomic mass is 10.1. The average molecular weight is 385 g/mol. The molecule has 1 unspecified atom stereocenters. The Morgan fingerprint density at radius 2 is 2.15 bits per heavy atom. The fourth-order valence-electron chi connectivity index (χ4n) is 3.24. The molecule has 2 N–H and O–H groups in total. The Morgan fingerprint density at radius 1 is 1.30 bits per heavy atom. The third kappa shape index (κ3) is 3.22. The van der Waals surface area contributed by atoms with Crippen LogP contribution >= 0.6 is 11.6 Å². The van der Waals surface area contributed by atoms with Gasteiger partial charge in [0.05, 0.1) is 22.7 Å². The maximum absolute atomic E-state index is 6.38. The summed E-state index contributed by atoms with van der Waals surface area (Å²) in [7, 11) is 3.98. The third-order valence-corrected chi connectivity index (χ3v) is 4.97. The van der Waals surface area contributed by atoms with Crippen LogP contribution in [0.2, 0.25) is 5.02 Å². The largest absolute Gasteiger partial charge is 0.361 e. The highest BCUT2D eigenvalue weighted by Gasteiger charge is 2.28. The van der Waals surface area contributed by atoms with Gasteiger partial charge in [0, 0.05) is 25.5 Å². The number of hydrazine groups is 1. The minimum absolute atomic E-state index is 0.0113. The van der Waals surface area contributed by atoms with Crippen LogP contribution in [0.25, 0.3) is 17.4 Å². The molecule has 2 aromatic heterocycles. The molecule has 4 rings (SSSR count). The quantitative estimate of drug-likeness (QED) is 0.691. The number of anilines is 1. The molecule has 0 amide bonds. The lowest BCUT2D eigenvalue weighted by molar-refractivity contribution is 0.0458. The van der Waals surface area contributed by atoms with Crippen LogP contribution in [0.4, 0.5) is 5.82 Å². The zero-order valence-corrected chi connectivity index (χ0v) is 16.1. The normalized spacial score (nSPS) is 17.4. The fourth-order valence-corrected chi connectivity index (χ4v) is 3.46. The maximum atomic E-state index is 6.38. The number of aromatic nitrogens is 4. The van der Waals surface area contributed by atoms with Gasteiger partial charge in [0.15, 0.2) is 17.6 Å². The van der Waals surface area contributed by atoms with E-state index in [1.54, 1.807) is 6.33 Å². The molecule has 0 bridgehead atoms. The molecule has 0 aliphatic carbocycles. The van der Waals surface area contributed by atoms with Gasteiger partial charge < -0.3 is 10.3 Å². The van der Waals surface area contributed by atoms with E-state index < -0.39 is 0 Å². The van der Waals surface area contributed by atoms with Crippen molar-refractivity contribution < 1.29 is 0 Å². The number of benzene rings is 1. The summed E-state index contributed by atoms with van der Waals surface area (Å²) in [6.07, 6.45) is 5.88. The number of nitrogens with zero attached hydrogens (tertiary/aromatic N) is 6. The number of rotatable bonds is 5. The van der Waals surface area contributed by atoms with Crippen LogP contribution in [-0.4, -0.2) is 56.3 Å². The number of nitrogens with one attached hydrogen (secondary N) is 2. The van der Waals surface area contributed by atoms with E-state index in [-0.39, 0.29) is 12.2 Å². The average Bonchev–Trinajstić information content (AvgIpc) is 3.15. The van der Waals surface area contributed by atoms with Gasteiger partial charge in [0.1, 0.15) is 11.8 Å². The predicted molar refractivity (Wildman–Crippen MR) is 105 cm³/mol. The van der Waals surface area contributed by atoms with Crippen LogP contribution in [0.15, 0.2) is 35.8 Å². The van der Waals surface area contributed by atoms with Crippen molar-refractivity contribution in [1.82, 2.24) is 30.0 Å². The monoisotopic (exact) mass is 384 g/mol. The summed E-state index contributed by atoms with van der Waals surface area (Å²) in [5.74, 6) is 0.718. The van der Waals surface area contributed by atoms with Crippen molar-refractivity contribution in [3.63, 3.8) is 0 Å². The second-order valence-electron chi connectivity index (χ2n) is 6.55. The van der Waals surface area contributed by atoms with Crippen molar-refractivity contribution in [2.24, 2.45) is 4.99 Å². The van der Waals surface area contributed by atoms with E-state index in [2.05, 4.69) is 37.2 Å². The first kappa shape index (κ1) is 17.7. The summed E-state index contributed by atoms with van der Waals surface area (Å²) < 4.78 is 0. The molecule has 140 valence electrons. The molecule has 0 fully saturated rings. The van der Waals surface area contributed by atoms with Gasteiger partial charge in [-0.2, -0.15) is 0 Å². The summed E-state index contributed by atoms with van der Waals surface area (Å²) in [5, 5.41) is 10.1. The van der Waals surface area contributed by atoms with Gasteiger partial charge in [-0.05, 0) is 18.6 Å². The molecule has 9 heteroatoms. The number of imidazole rings is 1. The molecule has 1 aliphatic heterocycles. The van der Waals surface area contributed by atoms with E-state index in [4.69, 9.17) is 16.6 Å². The van der Waals surface area contributed by atoms with Crippen molar-refractivity contribution in [3.05, 3.63) is 46.5 Å². The highest BCUT2D eigenvalue weighted by atomic mass is 35.5. The zero-order valence-electron chi connectivity index (χ0n) is 15.4. The molecular weight excluding hydrogens is 364 g/mol. The summed E-state index contributed by atoms with van der Waals surface area (Å²) in [5.41, 5.74) is 1.42. The third-order valence-electron chi connectivity index (χ3n) is 4.64. The van der Waals surface area contributed by atoms with Crippen molar-refractivity contribution >= 4 is 34.8 Å². The second-order valence-corrected chi connectivity index (χ2v) is 6.96. The van der Waals surface area contributed by atoms with Gasteiger partial charge in [-0.1, -0.05) is 24.6 Å². The van der Waals surface area contributed by atoms with E-state index in [1.807, 2.05) is 43.5 Å². The Balaban J connectivity index is 1.75. The lowest BCUT2D eigenvalue weighted by Crippen LogP contribution is -2.54. The van der Waals surface area contributed by atoms with E-state index in [9.17, 15) is 0 Å². The first-order valence-corrected chi connectivity index (χ1v) is 9.16. The predicted octanol–water partition coefficient (Wildman–Crippen LogP) is 1.37. The Kier molecular flexibility index (Phi) is 4.67. The van der Waals surface area contributed by atoms with Crippen molar-refractivity contribution in [2.45, 2.75) is 25.6 Å². The zero-order chi connectivity index (χ0) is 19.0. The molecule has 0 saturated carbocycles. The van der Waals surface area contributed by atoms with Crippen molar-refractivity contribution in [1.29, 1.82) is 0 Å². The van der Waals surface area contributed by atoms with E-state index in [0.717, 1.165) is 28.3 Å². The maximum Gasteiger partial charge on any atom is 0.182 e. The molecule has 0 radical (unpaired) electrons. The number of hydrogen-bond acceptors (Lipinski definition) is 7. The van der Waals surface area contributed by atoms with Gasteiger partial charge in [0.2, 0.25) is 0 Å². The number of H-pyrrole nitrogens is 1. The summed E-state index contributed by atoms with van der Waals surface area (Å²) in [6, 6.07) is 5.80. The van der Waals surface area contributed by atoms with Crippen LogP contribution in [0, 0.1) is 0 Å². The SMILES string of the molecule is CCC(Nc1ncnc2nc[nH]c12)[C@H]1N=c2cccc(Cl)c2=CN1N(C)C. The van der Waals surface area contributed by atoms with Gasteiger partial charge in [-0.25, -0.2) is 20.0 Å². The van der Waals surface area contributed by atoms with E-state index in [0.29, 0.717) is 10.7 Å². The Bertz CT molecular complexity index is 1080. The number of hydrogen-bond donors (Lipinski definition) is 2. The number of halogens is 1. The summed E-state index contributed by atoms with van der Waals surface area (Å²) in [6.45, 7) is 2.12. The second kappa shape index (κ2) is 7.13. The van der Waals surface area contributed by atoms with Crippen LogP contribution in [0.5, 0.6) is 0 Å². The summed E-state index contributed by atoms with van der Waals surface area (Å²) in [4.78, 5) is 20.8. The van der Waals surface area contributed by atoms with Crippen LogP contribution in [0.3, 0.4) is 0 Å². The molecule has 3 aromatic rings. The van der Waals surface area contributed by atoms with Crippen LogP contribution in [0.1, 0.15) is 13.3 Å². The highest BCUT2D eigenvalue weighted by Crippen LogP contribution is 2.21. The Hall–Kier alpha value is -2.71. The number of fused-ring (bicyclic) bond motifs is 2. The molecule has 8 nitrogen and oxygen atoms in total. The number of aromatic amines is 1. The summed E-state index contributed by atoms with van der Waals surface area (Å²) >= 11 is 6.38. The van der Waals surface area contributed by atoms with Crippen LogP contribution < -0.4 is 15.9 Å². The Morgan fingerprint density at radius 3 is 2.93 bits per heavy atom. The van der Waals surface area contributed by atoms with Gasteiger partial charge >= 0.3 is 0 Å². The molecule has 1 aromatic carbocycles. The topological polar surface area (TPSA) is 85.3 Å². The molecule has 0 saturated heterocycles. The minimum atomic E-state index is -0.149. The van der Waals surface area contributed by atoms with E-state index in [1.165, 1.54) is 6.33 Å². The minimum Gasteiger partial charge on any atom is -0.361 e. The van der Waals surface area contributed by atoms with Gasteiger partial charge in [-0.3, -0.25) is 10.0 Å². The fraction of sp³-hybridized carbons (Fsp3) is 0.333. The van der Waals surface area contributed by atoms with Crippen molar-refractivity contribution in [3.8, 4) is 0 Å². The van der Waals surface area contributed by atoms with Crippen molar-refractivity contribution in [2.75, 3.05) is 19.4 Å². The standard InChI is InChI=1S/C18H21ClN8/c1-4-13(24-17-15-16(21-9-20-15)22-10-23-17)18-25-14-7-5-6-12(19)11(14)8-27(18)26(2)3/h5-10,13,18H,4H2,1-3H3,(H2,20,21,22,23,24)/t13?,18-/m0/s1. The Labute approximate surface area is 161 Å². The molecule has 27 heavy (non-hydrogen) atoms.